The number of hydrogen-bond donors (Lipinski definition) is 0. The van der Waals surface area contributed by atoms with E-state index in [0.717, 1.165) is 38.1 Å². The molecular weight excluding hydrogens is 230 g/mol. The van der Waals surface area contributed by atoms with E-state index in [9.17, 15) is 4.79 Å². The Kier molecular flexibility index (Phi) is 4.21. The van der Waals surface area contributed by atoms with Gasteiger partial charge in [-0.3, -0.25) is 4.79 Å². The maximum atomic E-state index is 12.1. The van der Waals surface area contributed by atoms with Gasteiger partial charge in [0.05, 0.1) is 5.25 Å². The molecular formula is C11H18ClNOS. The van der Waals surface area contributed by atoms with Gasteiger partial charge in [-0.1, -0.05) is 6.42 Å². The third-order valence-corrected chi connectivity index (χ3v) is 4.99. The van der Waals surface area contributed by atoms with Gasteiger partial charge >= 0.3 is 0 Å². The molecule has 0 aliphatic carbocycles. The summed E-state index contributed by atoms with van der Waals surface area (Å²) in [5.74, 6) is 1.52. The van der Waals surface area contributed by atoms with Crippen molar-refractivity contribution in [2.75, 3.05) is 18.8 Å². The highest BCUT2D eigenvalue weighted by Gasteiger charge is 2.28. The second-order valence-electron chi connectivity index (χ2n) is 4.36. The Morgan fingerprint density at radius 2 is 1.93 bits per heavy atom. The van der Waals surface area contributed by atoms with Crippen molar-refractivity contribution in [3.63, 3.8) is 0 Å². The molecule has 0 spiro atoms. The number of nitrogens with zero attached hydrogens (tertiary/aromatic N) is 1. The predicted molar refractivity (Wildman–Crippen MR) is 65.6 cm³/mol. The lowest BCUT2D eigenvalue weighted by Crippen LogP contribution is -2.43. The Labute approximate surface area is 101 Å². The molecule has 2 rings (SSSR count). The zero-order valence-electron chi connectivity index (χ0n) is 8.95. The zero-order chi connectivity index (χ0) is 10.7. The lowest BCUT2D eigenvalue weighted by molar-refractivity contribution is -0.131. The van der Waals surface area contributed by atoms with Crippen molar-refractivity contribution in [1.82, 2.24) is 4.90 Å². The standard InChI is InChI=1S/C11H18ClNOS/c12-9-4-6-13(7-5-9)11(14)10-3-1-2-8-15-10/h9-10H,1-8H2. The molecule has 0 N–H and O–H groups in total. The lowest BCUT2D eigenvalue weighted by atomic mass is 10.1. The van der Waals surface area contributed by atoms with Crippen molar-refractivity contribution in [3.05, 3.63) is 0 Å². The number of carbonyl (C=O) groups excluding carboxylic acids is 1. The molecule has 2 fully saturated rings. The third-order valence-electron chi connectivity index (χ3n) is 3.19. The van der Waals surface area contributed by atoms with E-state index in [0.29, 0.717) is 5.91 Å². The van der Waals surface area contributed by atoms with Crippen LogP contribution in [0.25, 0.3) is 0 Å². The topological polar surface area (TPSA) is 20.3 Å². The van der Waals surface area contributed by atoms with Gasteiger partial charge in [0, 0.05) is 18.5 Å². The molecule has 0 radical (unpaired) electrons. The van der Waals surface area contributed by atoms with Gasteiger partial charge in [0.25, 0.3) is 0 Å². The van der Waals surface area contributed by atoms with E-state index >= 15 is 0 Å². The summed E-state index contributed by atoms with van der Waals surface area (Å²) in [5.41, 5.74) is 0. The molecule has 2 heterocycles. The average molecular weight is 248 g/mol. The van der Waals surface area contributed by atoms with E-state index < -0.39 is 0 Å². The monoisotopic (exact) mass is 247 g/mol. The molecule has 2 aliphatic rings. The fraction of sp³-hybridized carbons (Fsp3) is 0.909. The van der Waals surface area contributed by atoms with Gasteiger partial charge in [0.1, 0.15) is 0 Å². The zero-order valence-corrected chi connectivity index (χ0v) is 10.5. The predicted octanol–water partition coefficient (Wildman–Crippen LogP) is 2.50. The Bertz CT molecular complexity index is 223. The number of rotatable bonds is 1. The van der Waals surface area contributed by atoms with Gasteiger partial charge in [-0.2, -0.15) is 0 Å². The van der Waals surface area contributed by atoms with Crippen molar-refractivity contribution in [2.24, 2.45) is 0 Å². The van der Waals surface area contributed by atoms with E-state index in [1.165, 1.54) is 12.8 Å². The van der Waals surface area contributed by atoms with Crippen LogP contribution in [0.3, 0.4) is 0 Å². The number of thioether (sulfide) groups is 1. The number of likely N-dealkylation sites (tertiary alicyclic amines) is 1. The number of piperidine rings is 1. The van der Waals surface area contributed by atoms with Crippen LogP contribution in [0.15, 0.2) is 0 Å². The highest BCUT2D eigenvalue weighted by atomic mass is 35.5. The van der Waals surface area contributed by atoms with E-state index in [-0.39, 0.29) is 10.6 Å². The number of alkyl halides is 1. The van der Waals surface area contributed by atoms with Crippen molar-refractivity contribution in [3.8, 4) is 0 Å². The normalized spacial score (nSPS) is 29.1. The molecule has 4 heteroatoms. The SMILES string of the molecule is O=C(C1CCCCS1)N1CCC(Cl)CC1. The second kappa shape index (κ2) is 5.44. The molecule has 2 nitrogen and oxygen atoms in total. The van der Waals surface area contributed by atoms with Crippen LogP contribution in [0, 0.1) is 0 Å². The quantitative estimate of drug-likeness (QED) is 0.664. The van der Waals surface area contributed by atoms with Crippen LogP contribution < -0.4 is 0 Å². The third kappa shape index (κ3) is 3.04. The summed E-state index contributed by atoms with van der Waals surface area (Å²) in [6.45, 7) is 1.73. The van der Waals surface area contributed by atoms with Gasteiger partial charge in [-0.25, -0.2) is 0 Å². The summed E-state index contributed by atoms with van der Waals surface area (Å²) >= 11 is 7.87. The molecule has 0 aromatic carbocycles. The Balaban J connectivity index is 1.84. The molecule has 0 aromatic rings. The fourth-order valence-electron chi connectivity index (χ4n) is 2.21. The molecule has 2 aliphatic heterocycles. The summed E-state index contributed by atoms with van der Waals surface area (Å²) in [4.78, 5) is 14.1. The van der Waals surface area contributed by atoms with Gasteiger partial charge in [-0.05, 0) is 31.4 Å². The minimum Gasteiger partial charge on any atom is -0.342 e. The highest BCUT2D eigenvalue weighted by Crippen LogP contribution is 2.28. The summed E-state index contributed by atoms with van der Waals surface area (Å²) < 4.78 is 0. The highest BCUT2D eigenvalue weighted by molar-refractivity contribution is 8.00. The van der Waals surface area contributed by atoms with Crippen molar-refractivity contribution in [1.29, 1.82) is 0 Å². The van der Waals surface area contributed by atoms with Gasteiger partial charge < -0.3 is 4.90 Å². The molecule has 15 heavy (non-hydrogen) atoms. The number of halogens is 1. The smallest absolute Gasteiger partial charge is 0.235 e. The summed E-state index contributed by atoms with van der Waals surface area (Å²) in [5, 5.41) is 0.527. The molecule has 1 atom stereocenters. The first kappa shape index (κ1) is 11.6. The largest absolute Gasteiger partial charge is 0.342 e. The van der Waals surface area contributed by atoms with Crippen LogP contribution in [-0.2, 0) is 4.79 Å². The van der Waals surface area contributed by atoms with Crippen LogP contribution in [0.1, 0.15) is 32.1 Å². The maximum absolute atomic E-state index is 12.1. The Hall–Kier alpha value is 0.110. The van der Waals surface area contributed by atoms with Gasteiger partial charge in [0.15, 0.2) is 0 Å². The Morgan fingerprint density at radius 1 is 1.20 bits per heavy atom. The summed E-state index contributed by atoms with van der Waals surface area (Å²) in [6.07, 6.45) is 5.49. The Morgan fingerprint density at radius 3 is 2.53 bits per heavy atom. The molecule has 0 bridgehead atoms. The van der Waals surface area contributed by atoms with Crippen molar-refractivity contribution >= 4 is 29.3 Å². The maximum Gasteiger partial charge on any atom is 0.235 e. The first-order valence-corrected chi connectivity index (χ1v) is 7.30. The number of carbonyl (C=O) groups is 1. The van der Waals surface area contributed by atoms with Gasteiger partial charge in [0.2, 0.25) is 5.91 Å². The minimum atomic E-state index is 0.241. The molecule has 2 saturated heterocycles. The average Bonchev–Trinajstić information content (AvgIpc) is 2.30. The van der Waals surface area contributed by atoms with E-state index in [2.05, 4.69) is 0 Å². The molecule has 86 valence electrons. The summed E-state index contributed by atoms with van der Waals surface area (Å²) in [7, 11) is 0. The molecule has 1 amide bonds. The first-order chi connectivity index (χ1) is 7.27. The number of amides is 1. The van der Waals surface area contributed by atoms with Crippen LogP contribution in [0.2, 0.25) is 0 Å². The van der Waals surface area contributed by atoms with E-state index in [1.54, 1.807) is 0 Å². The van der Waals surface area contributed by atoms with Crippen LogP contribution >= 0.6 is 23.4 Å². The molecule has 1 unspecified atom stereocenters. The van der Waals surface area contributed by atoms with Crippen molar-refractivity contribution in [2.45, 2.75) is 42.7 Å². The van der Waals surface area contributed by atoms with E-state index in [1.807, 2.05) is 16.7 Å². The van der Waals surface area contributed by atoms with Crippen LogP contribution in [0.5, 0.6) is 0 Å². The van der Waals surface area contributed by atoms with E-state index in [4.69, 9.17) is 11.6 Å². The molecule has 0 aromatic heterocycles. The summed E-state index contributed by atoms with van der Waals surface area (Å²) in [6, 6.07) is 0. The minimum absolute atomic E-state index is 0.241. The second-order valence-corrected chi connectivity index (χ2v) is 6.28. The number of hydrogen-bond acceptors (Lipinski definition) is 2. The fourth-order valence-corrected chi connectivity index (χ4v) is 3.68. The van der Waals surface area contributed by atoms with Gasteiger partial charge in [-0.15, -0.1) is 23.4 Å². The van der Waals surface area contributed by atoms with Crippen molar-refractivity contribution < 1.29 is 4.79 Å². The first-order valence-electron chi connectivity index (χ1n) is 5.82. The van der Waals surface area contributed by atoms with Crippen LogP contribution in [0.4, 0.5) is 0 Å². The lowest BCUT2D eigenvalue weighted by Gasteiger charge is -2.33. The molecule has 0 saturated carbocycles. The van der Waals surface area contributed by atoms with Crippen LogP contribution in [-0.4, -0.2) is 40.3 Å².